The molecule has 1 aliphatic heterocycles. The van der Waals surface area contributed by atoms with Crippen molar-refractivity contribution in [1.29, 1.82) is 0 Å². The number of hydrogen-bond acceptors (Lipinski definition) is 4. The summed E-state index contributed by atoms with van der Waals surface area (Å²) in [4.78, 5) is 22.2. The first-order valence-corrected chi connectivity index (χ1v) is 6.45. The first kappa shape index (κ1) is 14.9. The Kier molecular flexibility index (Phi) is 6.67. The monoisotopic (exact) mass is 258 g/mol. The summed E-state index contributed by atoms with van der Waals surface area (Å²) in [7, 11) is 0. The smallest absolute Gasteiger partial charge is 0.303 e. The number of carbonyl (C=O) groups is 2. The van der Waals surface area contributed by atoms with Gasteiger partial charge in [0.15, 0.2) is 0 Å². The third-order valence-electron chi connectivity index (χ3n) is 3.00. The van der Waals surface area contributed by atoms with Crippen LogP contribution >= 0.6 is 0 Å². The van der Waals surface area contributed by atoms with E-state index in [0.29, 0.717) is 32.6 Å². The van der Waals surface area contributed by atoms with Crippen molar-refractivity contribution >= 4 is 11.9 Å². The van der Waals surface area contributed by atoms with Crippen LogP contribution in [0.25, 0.3) is 0 Å². The van der Waals surface area contributed by atoms with Gasteiger partial charge in [-0.2, -0.15) is 0 Å². The molecule has 1 heterocycles. The summed E-state index contributed by atoms with van der Waals surface area (Å²) in [5.41, 5.74) is 0. The molecule has 3 N–H and O–H groups in total. The number of ether oxygens (including phenoxy) is 1. The summed E-state index contributed by atoms with van der Waals surface area (Å²) in [6, 6.07) is 0.0917. The summed E-state index contributed by atoms with van der Waals surface area (Å²) in [6.45, 7) is 4.38. The molecule has 6 heteroatoms. The van der Waals surface area contributed by atoms with Crippen molar-refractivity contribution in [1.82, 2.24) is 10.6 Å². The van der Waals surface area contributed by atoms with Crippen molar-refractivity contribution in [3.8, 4) is 0 Å². The quantitative estimate of drug-likeness (QED) is 0.533. The molecule has 1 aliphatic rings. The van der Waals surface area contributed by atoms with E-state index in [1.165, 1.54) is 0 Å². The summed E-state index contributed by atoms with van der Waals surface area (Å²) in [5, 5.41) is 14.5. The van der Waals surface area contributed by atoms with Crippen LogP contribution in [-0.2, 0) is 14.3 Å². The highest BCUT2D eigenvalue weighted by Crippen LogP contribution is 2.13. The maximum Gasteiger partial charge on any atom is 0.303 e. The lowest BCUT2D eigenvalue weighted by Crippen LogP contribution is -2.44. The Morgan fingerprint density at radius 1 is 1.33 bits per heavy atom. The van der Waals surface area contributed by atoms with Crippen molar-refractivity contribution in [2.75, 3.05) is 26.3 Å². The molecule has 2 unspecified atom stereocenters. The molecule has 2 atom stereocenters. The zero-order valence-corrected chi connectivity index (χ0v) is 10.8. The van der Waals surface area contributed by atoms with Gasteiger partial charge in [-0.15, -0.1) is 0 Å². The van der Waals surface area contributed by atoms with E-state index in [0.717, 1.165) is 6.54 Å². The lowest BCUT2D eigenvalue weighted by molar-refractivity contribution is -0.137. The van der Waals surface area contributed by atoms with Crippen LogP contribution in [0.15, 0.2) is 0 Å². The number of rotatable bonds is 8. The Balaban J connectivity index is 2.17. The molecule has 0 aromatic carbocycles. The van der Waals surface area contributed by atoms with Crippen molar-refractivity contribution in [3.05, 3.63) is 0 Å². The second-order valence-electron chi connectivity index (χ2n) is 4.45. The molecule has 0 saturated carbocycles. The maximum absolute atomic E-state index is 11.9. The van der Waals surface area contributed by atoms with Crippen LogP contribution in [0, 0.1) is 5.92 Å². The van der Waals surface area contributed by atoms with E-state index in [4.69, 9.17) is 9.84 Å². The van der Waals surface area contributed by atoms with Crippen molar-refractivity contribution in [3.63, 3.8) is 0 Å². The molecule has 1 amide bonds. The van der Waals surface area contributed by atoms with Gasteiger partial charge in [-0.1, -0.05) is 6.92 Å². The molecule has 0 aliphatic carbocycles. The minimum atomic E-state index is -0.794. The lowest BCUT2D eigenvalue weighted by atomic mass is 10.0. The molecular formula is C12H22N2O4. The lowest BCUT2D eigenvalue weighted by Gasteiger charge is -2.17. The Bertz CT molecular complexity index is 283. The average molecular weight is 258 g/mol. The highest BCUT2D eigenvalue weighted by Gasteiger charge is 2.32. The highest BCUT2D eigenvalue weighted by atomic mass is 16.5. The van der Waals surface area contributed by atoms with Crippen molar-refractivity contribution in [2.24, 2.45) is 5.92 Å². The molecule has 104 valence electrons. The normalized spacial score (nSPS) is 22.9. The fraction of sp³-hybridized carbons (Fsp3) is 0.833. The van der Waals surface area contributed by atoms with Crippen LogP contribution in [0.2, 0.25) is 0 Å². The van der Waals surface area contributed by atoms with Gasteiger partial charge in [-0.05, 0) is 19.4 Å². The molecule has 0 radical (unpaired) electrons. The number of carboxylic acids is 1. The van der Waals surface area contributed by atoms with Gasteiger partial charge in [0, 0.05) is 19.0 Å². The van der Waals surface area contributed by atoms with Crippen LogP contribution in [0.5, 0.6) is 0 Å². The van der Waals surface area contributed by atoms with Gasteiger partial charge in [0.2, 0.25) is 5.91 Å². The van der Waals surface area contributed by atoms with E-state index in [9.17, 15) is 9.59 Å². The van der Waals surface area contributed by atoms with E-state index < -0.39 is 5.97 Å². The summed E-state index contributed by atoms with van der Waals surface area (Å²) < 4.78 is 5.30. The molecule has 0 bridgehead atoms. The Labute approximate surface area is 107 Å². The topological polar surface area (TPSA) is 87.7 Å². The Morgan fingerprint density at radius 2 is 2.11 bits per heavy atom. The first-order valence-electron chi connectivity index (χ1n) is 6.45. The predicted molar refractivity (Wildman–Crippen MR) is 66.3 cm³/mol. The average Bonchev–Trinajstić information content (AvgIpc) is 2.77. The third-order valence-corrected chi connectivity index (χ3v) is 3.00. The number of aliphatic carboxylic acids is 1. The van der Waals surface area contributed by atoms with E-state index in [2.05, 4.69) is 10.6 Å². The minimum Gasteiger partial charge on any atom is -0.481 e. The zero-order valence-electron chi connectivity index (χ0n) is 10.8. The number of carbonyl (C=O) groups excluding carboxylic acids is 1. The molecule has 1 rings (SSSR count). The number of likely N-dealkylation sites (N-methyl/N-ethyl adjacent to an activating group) is 1. The summed E-state index contributed by atoms with van der Waals surface area (Å²) in [6.07, 6.45) is 1.44. The minimum absolute atomic E-state index is 0.00576. The van der Waals surface area contributed by atoms with Gasteiger partial charge in [0.1, 0.15) is 0 Å². The van der Waals surface area contributed by atoms with Crippen LogP contribution in [0.1, 0.15) is 26.2 Å². The number of carboxylic acid groups (broad SMARTS) is 1. The predicted octanol–water partition coefficient (Wildman–Crippen LogP) is -0.0180. The standard InChI is InChI=1S/C12H22N2O4/c1-2-13-10-8-18-7-9(10)12(17)14-6-4-3-5-11(15)16/h9-10,13H,2-8H2,1H3,(H,14,17)(H,15,16). The van der Waals surface area contributed by atoms with Crippen LogP contribution < -0.4 is 10.6 Å². The first-order chi connectivity index (χ1) is 8.65. The molecule has 1 fully saturated rings. The largest absolute Gasteiger partial charge is 0.481 e. The second-order valence-corrected chi connectivity index (χ2v) is 4.45. The van der Waals surface area contributed by atoms with E-state index in [-0.39, 0.29) is 24.3 Å². The molecule has 0 aromatic rings. The van der Waals surface area contributed by atoms with Gasteiger partial charge >= 0.3 is 5.97 Å². The van der Waals surface area contributed by atoms with Crippen molar-refractivity contribution < 1.29 is 19.4 Å². The van der Waals surface area contributed by atoms with Gasteiger partial charge in [0.25, 0.3) is 0 Å². The summed E-state index contributed by atoms with van der Waals surface area (Å²) in [5.74, 6) is -0.934. The van der Waals surface area contributed by atoms with Gasteiger partial charge in [0.05, 0.1) is 19.1 Å². The van der Waals surface area contributed by atoms with Crippen LogP contribution in [0.4, 0.5) is 0 Å². The molecule has 0 spiro atoms. The van der Waals surface area contributed by atoms with E-state index >= 15 is 0 Å². The van der Waals surface area contributed by atoms with Crippen LogP contribution in [-0.4, -0.2) is 49.3 Å². The second kappa shape index (κ2) is 8.05. The molecule has 18 heavy (non-hydrogen) atoms. The third kappa shape index (κ3) is 5.01. The van der Waals surface area contributed by atoms with Crippen LogP contribution in [0.3, 0.4) is 0 Å². The van der Waals surface area contributed by atoms with Gasteiger partial charge in [-0.25, -0.2) is 0 Å². The molecular weight excluding hydrogens is 236 g/mol. The van der Waals surface area contributed by atoms with E-state index in [1.807, 2.05) is 6.92 Å². The van der Waals surface area contributed by atoms with Gasteiger partial charge < -0.3 is 20.5 Å². The summed E-state index contributed by atoms with van der Waals surface area (Å²) >= 11 is 0. The number of hydrogen-bond donors (Lipinski definition) is 3. The maximum atomic E-state index is 11.9. The molecule has 0 aromatic heterocycles. The fourth-order valence-corrected chi connectivity index (χ4v) is 2.02. The van der Waals surface area contributed by atoms with E-state index in [1.54, 1.807) is 0 Å². The zero-order chi connectivity index (χ0) is 13.4. The number of amides is 1. The Hall–Kier alpha value is -1.14. The highest BCUT2D eigenvalue weighted by molar-refractivity contribution is 5.79. The Morgan fingerprint density at radius 3 is 2.78 bits per heavy atom. The molecule has 6 nitrogen and oxygen atoms in total. The SMILES string of the molecule is CCNC1COCC1C(=O)NCCCCC(=O)O. The number of unbranched alkanes of at least 4 members (excludes halogenated alkanes) is 1. The fourth-order valence-electron chi connectivity index (χ4n) is 2.02. The van der Waals surface area contributed by atoms with Crippen molar-refractivity contribution in [2.45, 2.75) is 32.2 Å². The number of nitrogens with one attached hydrogen (secondary N) is 2. The van der Waals surface area contributed by atoms with Gasteiger partial charge in [-0.3, -0.25) is 9.59 Å². The molecule has 1 saturated heterocycles.